The molecule has 6 aliphatic rings. The van der Waals surface area contributed by atoms with Crippen LogP contribution in [0.4, 0.5) is 0 Å². The number of aldehydes is 1. The van der Waals surface area contributed by atoms with Crippen LogP contribution in [-0.2, 0) is 19.1 Å². The van der Waals surface area contributed by atoms with Gasteiger partial charge in [0.25, 0.3) is 0 Å². The number of carbonyl (C=O) groups excluding carboxylic acids is 2. The number of aliphatic hydroxyl groups excluding tert-OH is 4. The summed E-state index contributed by atoms with van der Waals surface area (Å²) in [6, 6.07) is 0. The zero-order chi connectivity index (χ0) is 27.3. The van der Waals surface area contributed by atoms with E-state index in [9.17, 15) is 40.2 Å². The molecule has 0 aromatic carbocycles. The minimum atomic E-state index is -1.57. The van der Waals surface area contributed by atoms with Crippen molar-refractivity contribution in [1.82, 2.24) is 0 Å². The van der Waals surface area contributed by atoms with E-state index in [1.165, 1.54) is 0 Å². The van der Waals surface area contributed by atoms with Crippen LogP contribution in [0.5, 0.6) is 0 Å². The molecule has 2 heterocycles. The minimum Gasteiger partial charge on any atom is -0.458 e. The summed E-state index contributed by atoms with van der Waals surface area (Å²) in [7, 11) is 0. The first-order valence-electron chi connectivity index (χ1n) is 14.0. The molecule has 0 bridgehead atoms. The van der Waals surface area contributed by atoms with Crippen molar-refractivity contribution in [3.05, 3.63) is 11.6 Å². The number of aliphatic hydroxyl groups is 6. The van der Waals surface area contributed by atoms with Crippen LogP contribution in [0.2, 0.25) is 0 Å². The van der Waals surface area contributed by atoms with Gasteiger partial charge in [-0.2, -0.15) is 0 Å². The predicted octanol–water partition coefficient (Wildman–Crippen LogP) is -0.394. The summed E-state index contributed by atoms with van der Waals surface area (Å²) >= 11 is 0. The highest BCUT2D eigenvalue weighted by atomic mass is 16.5. The highest BCUT2D eigenvalue weighted by molar-refractivity contribution is 5.85. The van der Waals surface area contributed by atoms with Crippen molar-refractivity contribution in [3.63, 3.8) is 0 Å². The molecule has 5 fully saturated rings. The molecule has 6 N–H and O–H groups in total. The van der Waals surface area contributed by atoms with Crippen LogP contribution in [-0.4, -0.2) is 97.8 Å². The van der Waals surface area contributed by atoms with Crippen molar-refractivity contribution < 1.29 is 49.7 Å². The molecule has 4 saturated carbocycles. The van der Waals surface area contributed by atoms with Crippen LogP contribution in [0.3, 0.4) is 0 Å². The molecular weight excluding hydrogens is 496 g/mol. The third-order valence-corrected chi connectivity index (χ3v) is 11.9. The molecular formula is C28H40O10. The number of hydrogen-bond donors (Lipinski definition) is 6. The number of carbonyl (C=O) groups is 2. The number of rotatable bonds is 3. The number of hydrogen-bond acceptors (Lipinski definition) is 10. The van der Waals surface area contributed by atoms with Crippen LogP contribution >= 0.6 is 0 Å². The molecule has 10 heteroatoms. The minimum absolute atomic E-state index is 0.00408. The summed E-state index contributed by atoms with van der Waals surface area (Å²) in [5.41, 5.74) is -3.79. The second kappa shape index (κ2) is 8.80. The Bertz CT molecular complexity index is 1030. The molecule has 0 spiro atoms. The molecule has 2 unspecified atom stereocenters. The molecule has 1 saturated heterocycles. The number of fused-ring (bicyclic) bond motifs is 5. The van der Waals surface area contributed by atoms with Gasteiger partial charge in [0.2, 0.25) is 0 Å². The maximum atomic E-state index is 13.3. The Hall–Kier alpha value is -1.40. The second-order valence-electron chi connectivity index (χ2n) is 13.2. The van der Waals surface area contributed by atoms with Crippen LogP contribution in [0.15, 0.2) is 11.6 Å². The van der Waals surface area contributed by atoms with E-state index in [1.807, 2.05) is 0 Å². The molecule has 212 valence electrons. The van der Waals surface area contributed by atoms with Crippen LogP contribution in [0.1, 0.15) is 58.3 Å². The highest BCUT2D eigenvalue weighted by Crippen LogP contribution is 2.71. The predicted molar refractivity (Wildman–Crippen MR) is 130 cm³/mol. The Morgan fingerprint density at radius 3 is 2.39 bits per heavy atom. The lowest BCUT2D eigenvalue weighted by atomic mass is 9.39. The summed E-state index contributed by atoms with van der Waals surface area (Å²) in [4.78, 5) is 25.2. The van der Waals surface area contributed by atoms with Gasteiger partial charge in [-0.05, 0) is 68.3 Å². The zero-order valence-corrected chi connectivity index (χ0v) is 21.7. The van der Waals surface area contributed by atoms with E-state index in [1.54, 1.807) is 6.08 Å². The van der Waals surface area contributed by atoms with Crippen LogP contribution in [0.25, 0.3) is 0 Å². The first kappa shape index (κ1) is 26.8. The summed E-state index contributed by atoms with van der Waals surface area (Å²) < 4.78 is 11.0. The molecule has 10 nitrogen and oxygen atoms in total. The van der Waals surface area contributed by atoms with Gasteiger partial charge in [-0.1, -0.05) is 6.92 Å². The monoisotopic (exact) mass is 536 g/mol. The van der Waals surface area contributed by atoms with Gasteiger partial charge in [0.1, 0.15) is 31.2 Å². The average Bonchev–Trinajstić information content (AvgIpc) is 3.41. The largest absolute Gasteiger partial charge is 0.458 e. The zero-order valence-electron chi connectivity index (χ0n) is 21.7. The SMILES string of the molecule is C[C@]12CC[C@H]3[C@@H](CC[C@]4(O)C[C@@H](O)CC(C5OC[C@@H](O)[C@H](O)[C@H]5O)[C@]34C=O)[C@@]1(O)CC[C@@H]2C1=CC(=O)OC1. The Balaban J connectivity index is 1.41. The summed E-state index contributed by atoms with van der Waals surface area (Å²) in [6.07, 6.45) is -0.934. The summed E-state index contributed by atoms with van der Waals surface area (Å²) in [6.45, 7) is 2.05. The number of esters is 1. The van der Waals surface area contributed by atoms with E-state index in [-0.39, 0.29) is 50.3 Å². The van der Waals surface area contributed by atoms with Crippen molar-refractivity contribution >= 4 is 12.3 Å². The Labute approximate surface area is 221 Å². The lowest BCUT2D eigenvalue weighted by Crippen LogP contribution is -2.74. The highest BCUT2D eigenvalue weighted by Gasteiger charge is 2.74. The van der Waals surface area contributed by atoms with Gasteiger partial charge in [-0.25, -0.2) is 4.79 Å². The van der Waals surface area contributed by atoms with Gasteiger partial charge in [-0.3, -0.25) is 0 Å². The van der Waals surface area contributed by atoms with E-state index in [2.05, 4.69) is 6.92 Å². The molecule has 2 aliphatic heterocycles. The molecule has 38 heavy (non-hydrogen) atoms. The van der Waals surface area contributed by atoms with Crippen molar-refractivity contribution in [2.24, 2.45) is 34.5 Å². The molecule has 6 rings (SSSR count). The average molecular weight is 537 g/mol. The number of ether oxygens (including phenoxy) is 2. The van der Waals surface area contributed by atoms with Crippen LogP contribution < -0.4 is 0 Å². The lowest BCUT2D eigenvalue weighted by Gasteiger charge is -2.67. The van der Waals surface area contributed by atoms with Gasteiger partial charge in [0, 0.05) is 23.8 Å². The van der Waals surface area contributed by atoms with E-state index in [0.29, 0.717) is 32.1 Å². The Morgan fingerprint density at radius 1 is 0.974 bits per heavy atom. The van der Waals surface area contributed by atoms with Gasteiger partial charge in [-0.15, -0.1) is 0 Å². The third-order valence-electron chi connectivity index (χ3n) is 11.9. The van der Waals surface area contributed by atoms with Gasteiger partial charge in [0.15, 0.2) is 0 Å². The maximum absolute atomic E-state index is 13.3. The standard InChI is InChI=1S/C28H40O10/c1-25-5-2-17-18(28(25,36)7-4-16(25)14-8-21(32)37-11-14)3-6-26(35)10-15(30)9-19(27(17,26)13-29)24-23(34)22(33)20(31)12-38-24/h8,13,15-20,22-24,30-31,33-36H,2-7,9-12H2,1H3/t15-,16+,17-,18+,19?,20+,22-,23+,24?,25+,26-,27-,28-/m0/s1. The van der Waals surface area contributed by atoms with E-state index < -0.39 is 64.4 Å². The molecule has 0 amide bonds. The normalized spacial score (nSPS) is 56.3. The molecule has 0 aromatic heterocycles. The summed E-state index contributed by atoms with van der Waals surface area (Å²) in [5.74, 6) is -1.99. The van der Waals surface area contributed by atoms with E-state index >= 15 is 0 Å². The second-order valence-corrected chi connectivity index (χ2v) is 13.2. The van der Waals surface area contributed by atoms with E-state index in [0.717, 1.165) is 11.9 Å². The smallest absolute Gasteiger partial charge is 0.331 e. The fourth-order valence-electron chi connectivity index (χ4n) is 10.1. The maximum Gasteiger partial charge on any atom is 0.331 e. The fourth-order valence-corrected chi connectivity index (χ4v) is 10.1. The Kier molecular flexibility index (Phi) is 6.21. The van der Waals surface area contributed by atoms with Crippen molar-refractivity contribution in [2.75, 3.05) is 13.2 Å². The Morgan fingerprint density at radius 2 is 1.71 bits per heavy atom. The summed E-state index contributed by atoms with van der Waals surface area (Å²) in [5, 5.41) is 66.8. The fraction of sp³-hybridized carbons (Fsp3) is 0.857. The van der Waals surface area contributed by atoms with E-state index in [4.69, 9.17) is 9.47 Å². The van der Waals surface area contributed by atoms with Gasteiger partial charge in [0.05, 0.1) is 35.4 Å². The molecule has 0 aromatic rings. The van der Waals surface area contributed by atoms with Crippen LogP contribution in [0, 0.1) is 34.5 Å². The lowest BCUT2D eigenvalue weighted by molar-refractivity contribution is -0.291. The first-order chi connectivity index (χ1) is 17.9. The van der Waals surface area contributed by atoms with Crippen molar-refractivity contribution in [2.45, 2.75) is 100 Å². The molecule has 0 radical (unpaired) electrons. The third kappa shape index (κ3) is 3.31. The van der Waals surface area contributed by atoms with Crippen molar-refractivity contribution in [3.8, 4) is 0 Å². The van der Waals surface area contributed by atoms with Gasteiger partial charge >= 0.3 is 5.97 Å². The topological polar surface area (TPSA) is 174 Å². The van der Waals surface area contributed by atoms with Gasteiger partial charge < -0.3 is 44.9 Å². The van der Waals surface area contributed by atoms with Crippen molar-refractivity contribution in [1.29, 1.82) is 0 Å². The quantitative estimate of drug-likeness (QED) is 0.206. The number of cyclic esters (lactones) is 1. The molecule has 4 aliphatic carbocycles. The first-order valence-corrected chi connectivity index (χ1v) is 14.0. The molecule has 13 atom stereocenters.